The Morgan fingerprint density at radius 3 is 2.83 bits per heavy atom. The molecule has 120 valence electrons. The van der Waals surface area contributed by atoms with Crippen molar-refractivity contribution in [2.45, 2.75) is 0 Å². The van der Waals surface area contributed by atoms with Crippen LogP contribution in [0, 0.1) is 0 Å². The Morgan fingerprint density at radius 1 is 1.30 bits per heavy atom. The summed E-state index contributed by atoms with van der Waals surface area (Å²) in [4.78, 5) is 14.2. The van der Waals surface area contributed by atoms with Crippen LogP contribution >= 0.6 is 31.9 Å². The maximum absolute atomic E-state index is 12.5. The molecule has 0 atom stereocenters. The molecule has 0 bridgehead atoms. The van der Waals surface area contributed by atoms with Gasteiger partial charge in [0, 0.05) is 21.7 Å². The molecule has 1 aromatic carbocycles. The number of carbonyl (C=O) groups is 1. The molecule has 0 unspecified atom stereocenters. The average molecular weight is 461 g/mol. The summed E-state index contributed by atoms with van der Waals surface area (Å²) in [7, 11) is -3.53. The Kier molecular flexibility index (Phi) is 4.43. The molecule has 2 aliphatic heterocycles. The van der Waals surface area contributed by atoms with E-state index in [0.717, 1.165) is 4.47 Å². The van der Waals surface area contributed by atoms with Crippen LogP contribution in [0.2, 0.25) is 0 Å². The number of nitrogens with one attached hydrogen (secondary N) is 1. The molecule has 1 amide bonds. The van der Waals surface area contributed by atoms with E-state index in [1.54, 1.807) is 41.5 Å². The third-order valence-electron chi connectivity index (χ3n) is 3.28. The van der Waals surface area contributed by atoms with Crippen LogP contribution in [0.1, 0.15) is 0 Å². The van der Waals surface area contributed by atoms with Crippen LogP contribution in [0.5, 0.6) is 0 Å². The summed E-state index contributed by atoms with van der Waals surface area (Å²) >= 11 is 6.71. The number of hydrogen-bond donors (Lipinski definition) is 1. The van der Waals surface area contributed by atoms with Gasteiger partial charge in [-0.25, -0.2) is 8.42 Å². The van der Waals surface area contributed by atoms with E-state index in [2.05, 4.69) is 41.6 Å². The molecule has 0 aromatic heterocycles. The van der Waals surface area contributed by atoms with E-state index >= 15 is 0 Å². The number of halogens is 2. The first-order valence-electron chi connectivity index (χ1n) is 6.60. The first kappa shape index (κ1) is 16.4. The van der Waals surface area contributed by atoms with Crippen molar-refractivity contribution in [1.82, 2.24) is 4.90 Å². The number of allylic oxidation sites excluding steroid dienone is 2. The van der Waals surface area contributed by atoms with Gasteiger partial charge in [-0.3, -0.25) is 4.79 Å². The molecule has 0 saturated heterocycles. The van der Waals surface area contributed by atoms with Crippen molar-refractivity contribution in [1.29, 1.82) is 0 Å². The zero-order chi connectivity index (χ0) is 16.6. The molecular weight excluding hydrogens is 450 g/mol. The number of amidine groups is 1. The monoisotopic (exact) mass is 459 g/mol. The van der Waals surface area contributed by atoms with Gasteiger partial charge in [-0.15, -0.1) is 4.40 Å². The molecule has 0 aliphatic carbocycles. The number of sulfonamides is 1. The SMILES string of the molecule is O=C(Nc1ccc(Br)cc1Br)C1=CC=CN2CCS(=O)(=O)N=C12. The zero-order valence-electron chi connectivity index (χ0n) is 11.7. The first-order valence-corrected chi connectivity index (χ1v) is 9.80. The van der Waals surface area contributed by atoms with Crippen LogP contribution < -0.4 is 5.32 Å². The summed E-state index contributed by atoms with van der Waals surface area (Å²) in [6, 6.07) is 5.34. The van der Waals surface area contributed by atoms with Crippen molar-refractivity contribution in [3.63, 3.8) is 0 Å². The van der Waals surface area contributed by atoms with Crippen LogP contribution in [0.25, 0.3) is 0 Å². The van der Waals surface area contributed by atoms with Crippen LogP contribution in [-0.4, -0.2) is 37.4 Å². The molecule has 6 nitrogen and oxygen atoms in total. The molecule has 2 aliphatic rings. The number of nitrogens with zero attached hydrogens (tertiary/aromatic N) is 2. The van der Waals surface area contributed by atoms with Gasteiger partial charge in [0.05, 0.1) is 17.0 Å². The van der Waals surface area contributed by atoms with Gasteiger partial charge in [-0.2, -0.15) is 0 Å². The highest BCUT2D eigenvalue weighted by molar-refractivity contribution is 9.11. The highest BCUT2D eigenvalue weighted by Crippen LogP contribution is 2.27. The van der Waals surface area contributed by atoms with E-state index in [9.17, 15) is 13.2 Å². The molecular formula is C14H11Br2N3O3S. The van der Waals surface area contributed by atoms with Gasteiger partial charge in [-0.1, -0.05) is 15.9 Å². The summed E-state index contributed by atoms with van der Waals surface area (Å²) in [6.07, 6.45) is 4.96. The summed E-state index contributed by atoms with van der Waals surface area (Å²) in [5.41, 5.74) is 0.796. The Morgan fingerprint density at radius 2 is 2.09 bits per heavy atom. The quantitative estimate of drug-likeness (QED) is 0.735. The van der Waals surface area contributed by atoms with E-state index < -0.39 is 15.9 Å². The van der Waals surface area contributed by atoms with Gasteiger partial charge in [0.25, 0.3) is 15.9 Å². The van der Waals surface area contributed by atoms with Gasteiger partial charge in [0.1, 0.15) is 0 Å². The molecule has 1 N–H and O–H groups in total. The van der Waals surface area contributed by atoms with Gasteiger partial charge in [-0.05, 0) is 46.3 Å². The van der Waals surface area contributed by atoms with Crippen LogP contribution in [-0.2, 0) is 14.8 Å². The Labute approximate surface area is 150 Å². The number of amides is 1. The summed E-state index contributed by atoms with van der Waals surface area (Å²) in [5, 5.41) is 2.76. The highest BCUT2D eigenvalue weighted by atomic mass is 79.9. The van der Waals surface area contributed by atoms with Crippen molar-refractivity contribution in [2.75, 3.05) is 17.6 Å². The van der Waals surface area contributed by atoms with E-state index in [4.69, 9.17) is 0 Å². The van der Waals surface area contributed by atoms with Crippen LogP contribution in [0.3, 0.4) is 0 Å². The van der Waals surface area contributed by atoms with E-state index in [-0.39, 0.29) is 23.7 Å². The van der Waals surface area contributed by atoms with Crippen molar-refractivity contribution < 1.29 is 13.2 Å². The smallest absolute Gasteiger partial charge is 0.259 e. The summed E-state index contributed by atoms with van der Waals surface area (Å²) < 4.78 is 28.7. The van der Waals surface area contributed by atoms with Crippen molar-refractivity contribution >= 4 is 59.3 Å². The Hall–Kier alpha value is -1.45. The fourth-order valence-electron chi connectivity index (χ4n) is 2.17. The number of benzene rings is 1. The van der Waals surface area contributed by atoms with Gasteiger partial charge >= 0.3 is 0 Å². The third kappa shape index (κ3) is 3.56. The molecule has 3 rings (SSSR count). The minimum Gasteiger partial charge on any atom is -0.331 e. The van der Waals surface area contributed by atoms with E-state index in [1.165, 1.54) is 0 Å². The lowest BCUT2D eigenvalue weighted by Gasteiger charge is -2.28. The third-order valence-corrected chi connectivity index (χ3v) is 5.58. The molecule has 23 heavy (non-hydrogen) atoms. The summed E-state index contributed by atoms with van der Waals surface area (Å²) in [5.74, 6) is -0.323. The second-order valence-electron chi connectivity index (χ2n) is 4.89. The highest BCUT2D eigenvalue weighted by Gasteiger charge is 2.30. The zero-order valence-corrected chi connectivity index (χ0v) is 15.7. The van der Waals surface area contributed by atoms with E-state index in [0.29, 0.717) is 10.2 Å². The minimum absolute atomic E-state index is 0.0615. The molecule has 2 heterocycles. The lowest BCUT2D eigenvalue weighted by Crippen LogP contribution is -2.40. The predicted octanol–water partition coefficient (Wildman–Crippen LogP) is 2.65. The fraction of sp³-hybridized carbons (Fsp3) is 0.143. The van der Waals surface area contributed by atoms with Crippen molar-refractivity contribution in [2.24, 2.45) is 4.40 Å². The van der Waals surface area contributed by atoms with Gasteiger partial charge in [0.15, 0.2) is 5.84 Å². The standard InChI is InChI=1S/C14H11Br2N3O3S/c15-9-3-4-12(11(16)8-9)17-14(20)10-2-1-5-19-6-7-23(21,22)18-13(10)19/h1-5,8H,6-7H2,(H,17,20). The first-order chi connectivity index (χ1) is 10.9. The number of carbonyl (C=O) groups excluding carboxylic acids is 1. The second kappa shape index (κ2) is 6.21. The van der Waals surface area contributed by atoms with Gasteiger partial charge in [0.2, 0.25) is 0 Å². The topological polar surface area (TPSA) is 78.8 Å². The lowest BCUT2D eigenvalue weighted by atomic mass is 10.1. The Bertz CT molecular complexity index is 875. The van der Waals surface area contributed by atoms with E-state index in [1.807, 2.05) is 0 Å². The predicted molar refractivity (Wildman–Crippen MR) is 95.6 cm³/mol. The second-order valence-corrected chi connectivity index (χ2v) is 8.42. The normalized spacial score (nSPS) is 18.8. The molecule has 1 aromatic rings. The number of hydrogen-bond acceptors (Lipinski definition) is 4. The van der Waals surface area contributed by atoms with Crippen molar-refractivity contribution in [3.05, 3.63) is 51.1 Å². The number of rotatable bonds is 2. The maximum Gasteiger partial charge on any atom is 0.259 e. The van der Waals surface area contributed by atoms with Gasteiger partial charge < -0.3 is 10.2 Å². The minimum atomic E-state index is -3.53. The fourth-order valence-corrected chi connectivity index (χ4v) is 4.31. The van der Waals surface area contributed by atoms with Crippen LogP contribution in [0.15, 0.2) is 55.5 Å². The van der Waals surface area contributed by atoms with Crippen molar-refractivity contribution in [3.8, 4) is 0 Å². The van der Waals surface area contributed by atoms with Crippen LogP contribution in [0.4, 0.5) is 5.69 Å². The lowest BCUT2D eigenvalue weighted by molar-refractivity contribution is -0.112. The summed E-state index contributed by atoms with van der Waals surface area (Å²) in [6.45, 7) is 0.282. The molecule has 0 fully saturated rings. The average Bonchev–Trinajstić information content (AvgIpc) is 2.48. The molecule has 9 heteroatoms. The number of anilines is 1. The maximum atomic E-state index is 12.5. The molecule has 0 spiro atoms. The molecule has 0 radical (unpaired) electrons. The number of fused-ring (bicyclic) bond motifs is 1. The largest absolute Gasteiger partial charge is 0.331 e. The Balaban J connectivity index is 1.91. The molecule has 0 saturated carbocycles.